The highest BCUT2D eigenvalue weighted by molar-refractivity contribution is 7.89. The molecule has 2 aliphatic rings. The summed E-state index contributed by atoms with van der Waals surface area (Å²) < 4.78 is 80.1. The van der Waals surface area contributed by atoms with Gasteiger partial charge in [-0.25, -0.2) is 26.0 Å². The number of halogens is 5. The molecule has 2 saturated heterocycles. The smallest absolute Gasteiger partial charge is 0.249 e. The van der Waals surface area contributed by atoms with E-state index in [0.29, 0.717) is 12.8 Å². The Kier molecular flexibility index (Phi) is 5.49. The number of nitrogens with one attached hydrogen (secondary N) is 1. The van der Waals surface area contributed by atoms with Crippen molar-refractivity contribution in [1.82, 2.24) is 9.62 Å². The molecule has 0 spiro atoms. The topological polar surface area (TPSA) is 49.4 Å². The number of rotatable bonds is 3. The Morgan fingerprint density at radius 3 is 1.96 bits per heavy atom. The second-order valence-corrected chi connectivity index (χ2v) is 8.02. The van der Waals surface area contributed by atoms with Crippen LogP contribution in [0.1, 0.15) is 25.7 Å². The van der Waals surface area contributed by atoms with Crippen LogP contribution in [0.25, 0.3) is 0 Å². The molecule has 0 saturated carbocycles. The third-order valence-corrected chi connectivity index (χ3v) is 6.60. The van der Waals surface area contributed by atoms with Gasteiger partial charge < -0.3 is 5.32 Å². The van der Waals surface area contributed by atoms with Gasteiger partial charge in [-0.15, -0.1) is 12.4 Å². The fourth-order valence-electron chi connectivity index (χ4n) is 3.44. The molecule has 2 unspecified atom stereocenters. The maximum atomic E-state index is 13.8. The van der Waals surface area contributed by atoms with Crippen molar-refractivity contribution in [3.63, 3.8) is 0 Å². The number of hydrogen-bond acceptors (Lipinski definition) is 3. The lowest BCUT2D eigenvalue weighted by molar-refractivity contribution is 0.249. The van der Waals surface area contributed by atoms with Gasteiger partial charge in [-0.1, -0.05) is 0 Å². The second-order valence-electron chi connectivity index (χ2n) is 6.08. The molecule has 2 aliphatic heterocycles. The third kappa shape index (κ3) is 3.14. The minimum atomic E-state index is -4.69. The van der Waals surface area contributed by atoms with Gasteiger partial charge in [-0.05, 0) is 25.7 Å². The molecule has 0 amide bonds. The van der Waals surface area contributed by atoms with Crippen molar-refractivity contribution in [2.75, 3.05) is 7.05 Å². The van der Waals surface area contributed by atoms with Gasteiger partial charge in [0.1, 0.15) is 0 Å². The second kappa shape index (κ2) is 6.78. The Morgan fingerprint density at radius 1 is 1.04 bits per heavy atom. The van der Waals surface area contributed by atoms with E-state index in [0.717, 1.165) is 17.1 Å². The van der Waals surface area contributed by atoms with Gasteiger partial charge in [0.05, 0.1) is 0 Å². The lowest BCUT2D eigenvalue weighted by Crippen LogP contribution is -2.48. The van der Waals surface area contributed by atoms with Crippen molar-refractivity contribution < 1.29 is 26.0 Å². The van der Waals surface area contributed by atoms with Crippen LogP contribution < -0.4 is 5.32 Å². The molecule has 3 rings (SSSR count). The van der Waals surface area contributed by atoms with Gasteiger partial charge >= 0.3 is 0 Å². The van der Waals surface area contributed by atoms with Crippen molar-refractivity contribution in [2.24, 2.45) is 0 Å². The van der Waals surface area contributed by atoms with E-state index in [-0.39, 0.29) is 30.6 Å². The molecule has 2 heterocycles. The summed E-state index contributed by atoms with van der Waals surface area (Å²) in [6, 6.07) is -0.177. The largest absolute Gasteiger partial charge is 0.311 e. The highest BCUT2D eigenvalue weighted by atomic mass is 35.5. The minimum Gasteiger partial charge on any atom is -0.311 e. The highest BCUT2D eigenvalue weighted by Crippen LogP contribution is 2.33. The summed E-state index contributed by atoms with van der Waals surface area (Å²) in [5, 5.41) is 3.32. The molecule has 0 aromatic heterocycles. The predicted molar refractivity (Wildman–Crippen MR) is 81.4 cm³/mol. The molecule has 1 aromatic rings. The Morgan fingerprint density at radius 2 is 1.50 bits per heavy atom. The van der Waals surface area contributed by atoms with Gasteiger partial charge in [-0.3, -0.25) is 0 Å². The summed E-state index contributed by atoms with van der Waals surface area (Å²) in [6.07, 6.45) is 2.80. The van der Waals surface area contributed by atoms with Crippen LogP contribution in [0.3, 0.4) is 0 Å². The summed E-state index contributed by atoms with van der Waals surface area (Å²) in [5.74, 6) is -7.26. The van der Waals surface area contributed by atoms with Crippen molar-refractivity contribution in [3.8, 4) is 0 Å². The standard InChI is InChI=1S/C14H16F4N2O2S.ClH/c1-20(9-4-7-2-3-8(5-9)19-7)23(21,22)14-12(17)10(15)6-11(16)13(14)18;/h6-9,19H,2-5H2,1H3;1H. The van der Waals surface area contributed by atoms with Crippen LogP contribution in [-0.2, 0) is 10.0 Å². The number of fused-ring (bicyclic) bond motifs is 2. The zero-order valence-electron chi connectivity index (χ0n) is 12.7. The number of sulfonamides is 1. The average Bonchev–Trinajstić information content (AvgIpc) is 2.82. The first kappa shape index (κ1) is 19.4. The lowest BCUT2D eigenvalue weighted by atomic mass is 10.0. The van der Waals surface area contributed by atoms with Crippen LogP contribution in [0.5, 0.6) is 0 Å². The molecule has 10 heteroatoms. The van der Waals surface area contributed by atoms with Crippen LogP contribution >= 0.6 is 12.4 Å². The summed E-state index contributed by atoms with van der Waals surface area (Å²) in [5.41, 5.74) is 0. The Bertz CT molecular complexity index is 709. The molecule has 0 aliphatic carbocycles. The zero-order valence-corrected chi connectivity index (χ0v) is 14.4. The molecule has 136 valence electrons. The van der Waals surface area contributed by atoms with Crippen molar-refractivity contribution >= 4 is 22.4 Å². The molecule has 1 N–H and O–H groups in total. The molecule has 1 aromatic carbocycles. The first-order valence-electron chi connectivity index (χ1n) is 7.29. The zero-order chi connectivity index (χ0) is 16.9. The minimum absolute atomic E-state index is 0. The summed E-state index contributed by atoms with van der Waals surface area (Å²) >= 11 is 0. The van der Waals surface area contributed by atoms with Crippen molar-refractivity contribution in [1.29, 1.82) is 0 Å². The molecule has 2 bridgehead atoms. The first-order chi connectivity index (χ1) is 10.7. The highest BCUT2D eigenvalue weighted by Gasteiger charge is 2.41. The Hall–Kier alpha value is -0.900. The van der Waals surface area contributed by atoms with Crippen molar-refractivity contribution in [3.05, 3.63) is 29.3 Å². The van der Waals surface area contributed by atoms with E-state index >= 15 is 0 Å². The number of hydrogen-bond donors (Lipinski definition) is 1. The maximum Gasteiger partial charge on any atom is 0.249 e. The van der Waals surface area contributed by atoms with E-state index in [1.165, 1.54) is 7.05 Å². The summed E-state index contributed by atoms with van der Waals surface area (Å²) in [6.45, 7) is 0. The molecule has 2 fully saturated rings. The number of benzene rings is 1. The quantitative estimate of drug-likeness (QED) is 0.639. The van der Waals surface area contributed by atoms with Gasteiger partial charge in [0.25, 0.3) is 0 Å². The summed E-state index contributed by atoms with van der Waals surface area (Å²) in [7, 11) is -3.50. The van der Waals surface area contributed by atoms with E-state index in [2.05, 4.69) is 5.32 Å². The van der Waals surface area contributed by atoms with E-state index in [1.54, 1.807) is 0 Å². The van der Waals surface area contributed by atoms with Crippen LogP contribution in [0.4, 0.5) is 17.6 Å². The fraction of sp³-hybridized carbons (Fsp3) is 0.571. The third-order valence-electron chi connectivity index (χ3n) is 4.67. The number of nitrogens with zero attached hydrogens (tertiary/aromatic N) is 1. The average molecular weight is 389 g/mol. The van der Waals surface area contributed by atoms with Gasteiger partial charge in [0.2, 0.25) is 10.0 Å². The molecular formula is C14H17ClF4N2O2S. The van der Waals surface area contributed by atoms with Crippen LogP contribution in [-0.4, -0.2) is 37.9 Å². The van der Waals surface area contributed by atoms with Gasteiger partial charge in [0, 0.05) is 31.2 Å². The van der Waals surface area contributed by atoms with Crippen LogP contribution in [0, 0.1) is 23.3 Å². The molecule has 2 atom stereocenters. The normalized spacial score (nSPS) is 26.5. The molecule has 4 nitrogen and oxygen atoms in total. The van der Waals surface area contributed by atoms with E-state index in [4.69, 9.17) is 0 Å². The SMILES string of the molecule is CN(C1CC2CCC(C1)N2)S(=O)(=O)c1c(F)c(F)cc(F)c1F.Cl. The summed E-state index contributed by atoms with van der Waals surface area (Å²) in [4.78, 5) is -1.57. The Balaban J connectivity index is 0.00000208. The van der Waals surface area contributed by atoms with Crippen LogP contribution in [0.2, 0.25) is 0 Å². The fourth-order valence-corrected chi connectivity index (χ4v) is 4.94. The van der Waals surface area contributed by atoms with E-state index in [1.807, 2.05) is 0 Å². The van der Waals surface area contributed by atoms with Gasteiger partial charge in [-0.2, -0.15) is 4.31 Å². The van der Waals surface area contributed by atoms with Crippen LogP contribution in [0.15, 0.2) is 11.0 Å². The van der Waals surface area contributed by atoms with Crippen molar-refractivity contribution in [2.45, 2.75) is 48.7 Å². The van der Waals surface area contributed by atoms with E-state index in [9.17, 15) is 26.0 Å². The molecule has 0 radical (unpaired) electrons. The maximum absolute atomic E-state index is 13.8. The molecular weight excluding hydrogens is 372 g/mol. The molecule has 24 heavy (non-hydrogen) atoms. The predicted octanol–water partition coefficient (Wildman–Crippen LogP) is 2.57. The first-order valence-corrected chi connectivity index (χ1v) is 8.73. The Labute approximate surface area is 143 Å². The monoisotopic (exact) mass is 388 g/mol. The number of piperidine rings is 1. The lowest BCUT2D eigenvalue weighted by Gasteiger charge is -2.34. The van der Waals surface area contributed by atoms with E-state index < -0.39 is 44.2 Å². The van der Waals surface area contributed by atoms with Gasteiger partial charge in [0.15, 0.2) is 28.2 Å².